The van der Waals surface area contributed by atoms with Gasteiger partial charge in [-0.25, -0.2) is 0 Å². The number of ether oxygens (including phenoxy) is 1. The van der Waals surface area contributed by atoms with Gasteiger partial charge in [-0.1, -0.05) is 13.3 Å². The molecule has 1 aliphatic carbocycles. The molecule has 0 radical (unpaired) electrons. The molecule has 0 aromatic heterocycles. The molecule has 2 N–H and O–H groups in total. The zero-order chi connectivity index (χ0) is 10.7. The van der Waals surface area contributed by atoms with Crippen molar-refractivity contribution in [3.05, 3.63) is 0 Å². The molecule has 1 fully saturated rings. The SMILES string of the molecule is CCC1CCC(C(=O)OC)C(O)C1O. The quantitative estimate of drug-likeness (QED) is 0.633. The Morgan fingerprint density at radius 1 is 1.36 bits per heavy atom. The number of aliphatic hydroxyl groups is 2. The summed E-state index contributed by atoms with van der Waals surface area (Å²) in [7, 11) is 1.30. The summed E-state index contributed by atoms with van der Waals surface area (Å²) in [6.07, 6.45) is 0.434. The van der Waals surface area contributed by atoms with Gasteiger partial charge in [-0.15, -0.1) is 0 Å². The summed E-state index contributed by atoms with van der Waals surface area (Å²) >= 11 is 0. The number of methoxy groups -OCH3 is 1. The van der Waals surface area contributed by atoms with Gasteiger partial charge in [0, 0.05) is 0 Å². The molecule has 0 amide bonds. The van der Waals surface area contributed by atoms with Crippen molar-refractivity contribution in [1.29, 1.82) is 0 Å². The lowest BCUT2D eigenvalue weighted by Crippen LogP contribution is -2.46. The highest BCUT2D eigenvalue weighted by Crippen LogP contribution is 2.31. The molecule has 82 valence electrons. The van der Waals surface area contributed by atoms with Crippen molar-refractivity contribution in [3.8, 4) is 0 Å². The van der Waals surface area contributed by atoms with Gasteiger partial charge in [-0.2, -0.15) is 0 Å². The van der Waals surface area contributed by atoms with Gasteiger partial charge in [0.25, 0.3) is 0 Å². The summed E-state index contributed by atoms with van der Waals surface area (Å²) in [5.41, 5.74) is 0. The Labute approximate surface area is 83.9 Å². The largest absolute Gasteiger partial charge is 0.469 e. The van der Waals surface area contributed by atoms with Crippen molar-refractivity contribution in [1.82, 2.24) is 0 Å². The topological polar surface area (TPSA) is 66.8 Å². The van der Waals surface area contributed by atoms with Gasteiger partial charge in [-0.3, -0.25) is 4.79 Å². The normalized spacial score (nSPS) is 38.0. The predicted molar refractivity (Wildman–Crippen MR) is 50.5 cm³/mol. The van der Waals surface area contributed by atoms with Crippen LogP contribution in [0.25, 0.3) is 0 Å². The number of rotatable bonds is 2. The number of hydrogen-bond acceptors (Lipinski definition) is 4. The van der Waals surface area contributed by atoms with Crippen LogP contribution in [0.15, 0.2) is 0 Å². The second-order valence-corrected chi connectivity index (χ2v) is 3.86. The van der Waals surface area contributed by atoms with Gasteiger partial charge in [0.05, 0.1) is 25.2 Å². The molecule has 1 rings (SSSR count). The van der Waals surface area contributed by atoms with E-state index in [1.165, 1.54) is 7.11 Å². The van der Waals surface area contributed by atoms with Gasteiger partial charge in [0.1, 0.15) is 0 Å². The lowest BCUT2D eigenvalue weighted by Gasteiger charge is -2.35. The predicted octanol–water partition coefficient (Wildman–Crippen LogP) is 0.317. The lowest BCUT2D eigenvalue weighted by atomic mass is 9.76. The molecule has 14 heavy (non-hydrogen) atoms. The molecule has 0 spiro atoms. The summed E-state index contributed by atoms with van der Waals surface area (Å²) in [5.74, 6) is -0.880. The average molecular weight is 202 g/mol. The third kappa shape index (κ3) is 2.07. The van der Waals surface area contributed by atoms with Gasteiger partial charge in [0.2, 0.25) is 0 Å². The minimum absolute atomic E-state index is 0.103. The van der Waals surface area contributed by atoms with E-state index in [4.69, 9.17) is 0 Å². The zero-order valence-corrected chi connectivity index (χ0v) is 8.64. The maximum atomic E-state index is 11.2. The molecule has 0 aromatic carbocycles. The van der Waals surface area contributed by atoms with E-state index in [0.29, 0.717) is 6.42 Å². The molecule has 1 aliphatic rings. The highest BCUT2D eigenvalue weighted by Gasteiger charge is 2.40. The van der Waals surface area contributed by atoms with Crippen molar-refractivity contribution >= 4 is 5.97 Å². The molecule has 4 unspecified atom stereocenters. The summed E-state index contributed by atoms with van der Waals surface area (Å²) < 4.78 is 4.57. The first-order valence-electron chi connectivity index (χ1n) is 5.05. The Bertz CT molecular complexity index is 204. The second kappa shape index (κ2) is 4.75. The van der Waals surface area contributed by atoms with E-state index in [1.807, 2.05) is 6.92 Å². The molecule has 4 nitrogen and oxygen atoms in total. The summed E-state index contributed by atoms with van der Waals surface area (Å²) in [6.45, 7) is 1.97. The number of carbonyl (C=O) groups excluding carboxylic acids is 1. The Morgan fingerprint density at radius 2 is 2.00 bits per heavy atom. The Kier molecular flexibility index (Phi) is 3.89. The Hall–Kier alpha value is -0.610. The summed E-state index contributed by atoms with van der Waals surface area (Å²) in [6, 6.07) is 0. The van der Waals surface area contributed by atoms with Crippen molar-refractivity contribution in [2.24, 2.45) is 11.8 Å². The number of hydrogen-bond donors (Lipinski definition) is 2. The van der Waals surface area contributed by atoms with Crippen molar-refractivity contribution in [2.75, 3.05) is 7.11 Å². The average Bonchev–Trinajstić information content (AvgIpc) is 2.21. The molecule has 4 atom stereocenters. The first-order chi connectivity index (χ1) is 6.61. The first kappa shape index (κ1) is 11.5. The lowest BCUT2D eigenvalue weighted by molar-refractivity contribution is -0.159. The van der Waals surface area contributed by atoms with Crippen LogP contribution in [0.2, 0.25) is 0 Å². The van der Waals surface area contributed by atoms with Gasteiger partial charge >= 0.3 is 5.97 Å². The number of carbonyl (C=O) groups is 1. The van der Waals surface area contributed by atoms with Crippen LogP contribution in [-0.4, -0.2) is 35.5 Å². The van der Waals surface area contributed by atoms with Crippen molar-refractivity contribution < 1.29 is 19.7 Å². The van der Waals surface area contributed by atoms with E-state index in [1.54, 1.807) is 0 Å². The Morgan fingerprint density at radius 3 is 2.50 bits per heavy atom. The molecular weight excluding hydrogens is 184 g/mol. The third-order valence-corrected chi connectivity index (χ3v) is 3.12. The summed E-state index contributed by atoms with van der Waals surface area (Å²) in [4.78, 5) is 11.2. The van der Waals surface area contributed by atoms with E-state index in [0.717, 1.165) is 12.8 Å². The molecule has 1 saturated carbocycles. The number of aliphatic hydroxyl groups excluding tert-OH is 2. The van der Waals surface area contributed by atoms with Crippen molar-refractivity contribution in [2.45, 2.75) is 38.4 Å². The van der Waals surface area contributed by atoms with Gasteiger partial charge in [0.15, 0.2) is 0 Å². The molecule has 0 aromatic rings. The van der Waals surface area contributed by atoms with Crippen LogP contribution in [0.5, 0.6) is 0 Å². The molecule has 4 heteroatoms. The second-order valence-electron chi connectivity index (χ2n) is 3.86. The fourth-order valence-electron chi connectivity index (χ4n) is 2.11. The van der Waals surface area contributed by atoms with Crippen LogP contribution in [0.4, 0.5) is 0 Å². The van der Waals surface area contributed by atoms with Crippen LogP contribution in [-0.2, 0) is 9.53 Å². The maximum absolute atomic E-state index is 11.2. The van der Waals surface area contributed by atoms with Crippen molar-refractivity contribution in [3.63, 3.8) is 0 Å². The fourth-order valence-corrected chi connectivity index (χ4v) is 2.11. The van der Waals surface area contributed by atoms with Gasteiger partial charge in [-0.05, 0) is 18.8 Å². The maximum Gasteiger partial charge on any atom is 0.311 e. The molecule has 0 bridgehead atoms. The van der Waals surface area contributed by atoms with Crippen LogP contribution >= 0.6 is 0 Å². The van der Waals surface area contributed by atoms with Crippen LogP contribution < -0.4 is 0 Å². The Balaban J connectivity index is 2.63. The minimum atomic E-state index is -0.971. The van der Waals surface area contributed by atoms with E-state index >= 15 is 0 Å². The smallest absolute Gasteiger partial charge is 0.311 e. The highest BCUT2D eigenvalue weighted by molar-refractivity contribution is 5.73. The van der Waals surface area contributed by atoms with Crippen LogP contribution in [0, 0.1) is 11.8 Å². The molecule has 0 aliphatic heterocycles. The fraction of sp³-hybridized carbons (Fsp3) is 0.900. The van der Waals surface area contributed by atoms with E-state index in [9.17, 15) is 15.0 Å². The third-order valence-electron chi connectivity index (χ3n) is 3.12. The molecule has 0 heterocycles. The van der Waals surface area contributed by atoms with E-state index in [2.05, 4.69) is 4.74 Å². The monoisotopic (exact) mass is 202 g/mol. The molecular formula is C10H18O4. The van der Waals surface area contributed by atoms with Crippen LogP contribution in [0.1, 0.15) is 26.2 Å². The highest BCUT2D eigenvalue weighted by atomic mass is 16.5. The van der Waals surface area contributed by atoms with E-state index in [-0.39, 0.29) is 5.92 Å². The zero-order valence-electron chi connectivity index (χ0n) is 8.64. The van der Waals surface area contributed by atoms with Gasteiger partial charge < -0.3 is 14.9 Å². The van der Waals surface area contributed by atoms with Crippen LogP contribution in [0.3, 0.4) is 0 Å². The standard InChI is InChI=1S/C10H18O4/c1-3-6-4-5-7(10(13)14-2)9(12)8(6)11/h6-9,11-12H,3-5H2,1-2H3. The first-order valence-corrected chi connectivity index (χ1v) is 5.05. The van der Waals surface area contributed by atoms with E-state index < -0.39 is 24.1 Å². The minimum Gasteiger partial charge on any atom is -0.469 e. The molecule has 0 saturated heterocycles. The number of esters is 1. The summed E-state index contributed by atoms with van der Waals surface area (Å²) in [5, 5.41) is 19.4.